The van der Waals surface area contributed by atoms with E-state index in [1.165, 1.54) is 38.5 Å². The minimum Gasteiger partial charge on any atom is -0.460 e. The largest absolute Gasteiger partial charge is 0.460 e. The molecule has 0 fully saturated rings. The van der Waals surface area contributed by atoms with Gasteiger partial charge in [0.25, 0.3) is 0 Å². The predicted octanol–water partition coefficient (Wildman–Crippen LogP) is 6.47. The summed E-state index contributed by atoms with van der Waals surface area (Å²) >= 11 is 6.01. The van der Waals surface area contributed by atoms with Gasteiger partial charge < -0.3 is 9.73 Å². The highest BCUT2D eigenvalue weighted by atomic mass is 35.5. The molecule has 0 bridgehead atoms. The topological polar surface area (TPSA) is 25.2 Å². The predicted molar refractivity (Wildman–Crippen MR) is 101 cm³/mol. The quantitative estimate of drug-likeness (QED) is 0.493. The summed E-state index contributed by atoms with van der Waals surface area (Å²) in [5.74, 6) is 1.85. The van der Waals surface area contributed by atoms with E-state index >= 15 is 0 Å². The summed E-state index contributed by atoms with van der Waals surface area (Å²) in [6.45, 7) is 4.09. The van der Waals surface area contributed by atoms with Crippen LogP contribution in [0, 0.1) is 0 Å². The van der Waals surface area contributed by atoms with E-state index in [-0.39, 0.29) is 12.4 Å². The molecule has 0 unspecified atom stereocenters. The molecule has 1 N–H and O–H groups in total. The lowest BCUT2D eigenvalue weighted by Crippen LogP contribution is -2.14. The van der Waals surface area contributed by atoms with Crippen LogP contribution in [-0.4, -0.2) is 6.54 Å². The second kappa shape index (κ2) is 11.6. The lowest BCUT2D eigenvalue weighted by Gasteiger charge is -2.03. The van der Waals surface area contributed by atoms with Crippen molar-refractivity contribution >= 4 is 24.0 Å². The molecule has 4 heteroatoms. The number of hydrogen-bond donors (Lipinski definition) is 1. The molecule has 0 aliphatic carbocycles. The number of unbranched alkanes of at least 4 members (excludes halogenated alkanes) is 5. The maximum atomic E-state index is 6.01. The summed E-state index contributed by atoms with van der Waals surface area (Å²) in [6.07, 6.45) is 7.97. The molecule has 2 nitrogen and oxygen atoms in total. The van der Waals surface area contributed by atoms with Gasteiger partial charge in [-0.05, 0) is 37.2 Å². The molecule has 0 aliphatic rings. The van der Waals surface area contributed by atoms with Crippen LogP contribution in [0.25, 0.3) is 11.3 Å². The third kappa shape index (κ3) is 7.43. The molecule has 23 heavy (non-hydrogen) atoms. The number of rotatable bonds is 10. The van der Waals surface area contributed by atoms with Crippen molar-refractivity contribution in [2.45, 2.75) is 52.0 Å². The van der Waals surface area contributed by atoms with E-state index in [9.17, 15) is 0 Å². The fourth-order valence-corrected chi connectivity index (χ4v) is 2.70. The van der Waals surface area contributed by atoms with Crippen LogP contribution in [0.15, 0.2) is 40.8 Å². The Morgan fingerprint density at radius 2 is 1.78 bits per heavy atom. The second-order valence-corrected chi connectivity index (χ2v) is 6.16. The van der Waals surface area contributed by atoms with E-state index in [0.717, 1.165) is 35.2 Å². The summed E-state index contributed by atoms with van der Waals surface area (Å²) in [7, 11) is 0. The van der Waals surface area contributed by atoms with Crippen molar-refractivity contribution in [3.05, 3.63) is 47.2 Å². The van der Waals surface area contributed by atoms with E-state index in [2.05, 4.69) is 12.2 Å². The number of nitrogens with one attached hydrogen (secondary N) is 1. The fourth-order valence-electron chi connectivity index (χ4n) is 2.51. The van der Waals surface area contributed by atoms with Gasteiger partial charge >= 0.3 is 0 Å². The normalized spacial score (nSPS) is 10.5. The average Bonchev–Trinajstić information content (AvgIpc) is 2.99. The Balaban J connectivity index is 0.00000264. The Morgan fingerprint density at radius 1 is 1.00 bits per heavy atom. The van der Waals surface area contributed by atoms with Crippen LogP contribution < -0.4 is 5.32 Å². The molecule has 1 heterocycles. The summed E-state index contributed by atoms with van der Waals surface area (Å²) < 4.78 is 5.86. The van der Waals surface area contributed by atoms with E-state index in [4.69, 9.17) is 16.0 Å². The maximum absolute atomic E-state index is 6.01. The van der Waals surface area contributed by atoms with Gasteiger partial charge in [0.2, 0.25) is 0 Å². The van der Waals surface area contributed by atoms with E-state index in [1.807, 2.05) is 36.4 Å². The first-order valence-corrected chi connectivity index (χ1v) is 8.73. The third-order valence-corrected chi connectivity index (χ3v) is 4.01. The molecule has 0 saturated carbocycles. The second-order valence-electron chi connectivity index (χ2n) is 5.72. The number of benzene rings is 1. The van der Waals surface area contributed by atoms with Crippen molar-refractivity contribution in [1.29, 1.82) is 0 Å². The molecule has 0 spiro atoms. The molecule has 0 amide bonds. The SMILES string of the molecule is CCCCCCCCNCc1ccc(-c2cccc(Cl)c2)o1.Cl. The highest BCUT2D eigenvalue weighted by Crippen LogP contribution is 2.24. The van der Waals surface area contributed by atoms with Crippen LogP contribution in [0.1, 0.15) is 51.2 Å². The molecular formula is C19H27Cl2NO. The van der Waals surface area contributed by atoms with Crippen molar-refractivity contribution < 1.29 is 4.42 Å². The van der Waals surface area contributed by atoms with Crippen LogP contribution in [0.3, 0.4) is 0 Å². The summed E-state index contributed by atoms with van der Waals surface area (Å²) in [5.41, 5.74) is 1.02. The summed E-state index contributed by atoms with van der Waals surface area (Å²) in [4.78, 5) is 0. The minimum atomic E-state index is 0. The van der Waals surface area contributed by atoms with Crippen LogP contribution >= 0.6 is 24.0 Å². The molecule has 0 radical (unpaired) electrons. The number of hydrogen-bond acceptors (Lipinski definition) is 2. The summed E-state index contributed by atoms with van der Waals surface area (Å²) in [6, 6.07) is 11.8. The van der Waals surface area contributed by atoms with Gasteiger partial charge in [0.1, 0.15) is 11.5 Å². The molecule has 0 atom stereocenters. The highest BCUT2D eigenvalue weighted by Gasteiger charge is 2.05. The van der Waals surface area contributed by atoms with Crippen LogP contribution in [-0.2, 0) is 6.54 Å². The van der Waals surface area contributed by atoms with E-state index < -0.39 is 0 Å². The minimum absolute atomic E-state index is 0. The Bertz CT molecular complexity index is 554. The molecule has 0 saturated heterocycles. The zero-order valence-electron chi connectivity index (χ0n) is 13.8. The molecule has 1 aromatic carbocycles. The third-order valence-electron chi connectivity index (χ3n) is 3.78. The van der Waals surface area contributed by atoms with Crippen LogP contribution in [0.2, 0.25) is 5.02 Å². The Morgan fingerprint density at radius 3 is 2.57 bits per heavy atom. The van der Waals surface area contributed by atoms with Crippen molar-refractivity contribution in [3.63, 3.8) is 0 Å². The van der Waals surface area contributed by atoms with Crippen molar-refractivity contribution in [2.24, 2.45) is 0 Å². The molecule has 1 aromatic heterocycles. The monoisotopic (exact) mass is 355 g/mol. The lowest BCUT2D eigenvalue weighted by molar-refractivity contribution is 0.485. The van der Waals surface area contributed by atoms with Gasteiger partial charge in [-0.2, -0.15) is 0 Å². The van der Waals surface area contributed by atoms with Gasteiger partial charge in [-0.25, -0.2) is 0 Å². The highest BCUT2D eigenvalue weighted by molar-refractivity contribution is 6.30. The lowest BCUT2D eigenvalue weighted by atomic mass is 10.1. The maximum Gasteiger partial charge on any atom is 0.134 e. The van der Waals surface area contributed by atoms with Crippen LogP contribution in [0.4, 0.5) is 0 Å². The van der Waals surface area contributed by atoms with Gasteiger partial charge in [-0.1, -0.05) is 62.8 Å². The molecule has 2 aromatic rings. The Hall–Kier alpha value is -0.960. The van der Waals surface area contributed by atoms with Crippen LogP contribution in [0.5, 0.6) is 0 Å². The smallest absolute Gasteiger partial charge is 0.134 e. The molecule has 2 rings (SSSR count). The first-order chi connectivity index (χ1) is 10.8. The zero-order valence-corrected chi connectivity index (χ0v) is 15.4. The first kappa shape index (κ1) is 20.1. The van der Waals surface area contributed by atoms with Gasteiger partial charge in [0.15, 0.2) is 0 Å². The van der Waals surface area contributed by atoms with Gasteiger partial charge in [-0.3, -0.25) is 0 Å². The van der Waals surface area contributed by atoms with Gasteiger partial charge in [-0.15, -0.1) is 12.4 Å². The standard InChI is InChI=1S/C19H26ClNO.ClH/c1-2-3-4-5-6-7-13-21-15-18-11-12-19(22-18)16-9-8-10-17(20)14-16;/h8-12,14,21H,2-7,13,15H2,1H3;1H. The summed E-state index contributed by atoms with van der Waals surface area (Å²) in [5, 5.41) is 4.18. The molecule has 128 valence electrons. The zero-order chi connectivity index (χ0) is 15.6. The molecular weight excluding hydrogens is 329 g/mol. The van der Waals surface area contributed by atoms with Crippen molar-refractivity contribution in [1.82, 2.24) is 5.32 Å². The van der Waals surface area contributed by atoms with E-state index in [1.54, 1.807) is 0 Å². The molecule has 0 aliphatic heterocycles. The number of furan rings is 1. The fraction of sp³-hybridized carbons (Fsp3) is 0.474. The Kier molecular flexibility index (Phi) is 10.1. The number of halogens is 2. The van der Waals surface area contributed by atoms with Crippen molar-refractivity contribution in [3.8, 4) is 11.3 Å². The van der Waals surface area contributed by atoms with Gasteiger partial charge in [0, 0.05) is 10.6 Å². The van der Waals surface area contributed by atoms with Crippen molar-refractivity contribution in [2.75, 3.05) is 6.54 Å². The first-order valence-electron chi connectivity index (χ1n) is 8.35. The average molecular weight is 356 g/mol. The van der Waals surface area contributed by atoms with Gasteiger partial charge in [0.05, 0.1) is 6.54 Å². The van der Waals surface area contributed by atoms with E-state index in [0.29, 0.717) is 0 Å². The Labute approximate surface area is 151 Å².